The maximum atomic E-state index is 12.4. The van der Waals surface area contributed by atoms with E-state index < -0.39 is 0 Å². The Kier molecular flexibility index (Phi) is 5.54. The lowest BCUT2D eigenvalue weighted by Crippen LogP contribution is -2.45. The van der Waals surface area contributed by atoms with Crippen molar-refractivity contribution < 1.29 is 19.1 Å². The highest BCUT2D eigenvalue weighted by Crippen LogP contribution is 2.36. The van der Waals surface area contributed by atoms with Crippen LogP contribution in [-0.4, -0.2) is 44.1 Å². The first kappa shape index (κ1) is 17.2. The van der Waals surface area contributed by atoms with Gasteiger partial charge in [0.2, 0.25) is 5.91 Å². The molecule has 3 N–H and O–H groups in total. The molecule has 0 aromatic heterocycles. The number of nitrogens with one attached hydrogen (secondary N) is 1. The molecule has 0 radical (unpaired) electrons. The van der Waals surface area contributed by atoms with Gasteiger partial charge in [0.25, 0.3) is 0 Å². The Morgan fingerprint density at radius 3 is 2.61 bits per heavy atom. The third-order valence-electron chi connectivity index (χ3n) is 3.83. The van der Waals surface area contributed by atoms with Crippen LogP contribution in [0.3, 0.4) is 0 Å². The minimum absolute atomic E-state index is 0.309. The zero-order valence-electron chi connectivity index (χ0n) is 13.1. The number of carbonyl (C=O) groups excluding carboxylic acids is 2. The number of rotatable bonds is 4. The molecule has 1 aliphatic rings. The molecule has 1 heterocycles. The highest BCUT2D eigenvalue weighted by molar-refractivity contribution is 6.32. The SMILES string of the molecule is COc1cc(OC)c(NC(=O)N2CCCC(C(N)=O)C2)cc1Cl. The van der Waals surface area contributed by atoms with Crippen LogP contribution < -0.4 is 20.5 Å². The number of halogens is 1. The number of carbonyl (C=O) groups is 2. The van der Waals surface area contributed by atoms with Gasteiger partial charge in [-0.15, -0.1) is 0 Å². The van der Waals surface area contributed by atoms with Gasteiger partial charge in [-0.1, -0.05) is 11.6 Å². The molecule has 1 fully saturated rings. The molecule has 0 aliphatic carbocycles. The van der Waals surface area contributed by atoms with E-state index in [4.69, 9.17) is 26.8 Å². The first-order chi connectivity index (χ1) is 11.0. The third-order valence-corrected chi connectivity index (χ3v) is 4.12. The molecule has 8 heteroatoms. The Bertz CT molecular complexity index is 609. The minimum Gasteiger partial charge on any atom is -0.495 e. The summed E-state index contributed by atoms with van der Waals surface area (Å²) in [5.74, 6) is 0.194. The largest absolute Gasteiger partial charge is 0.495 e. The van der Waals surface area contributed by atoms with Crippen LogP contribution in [0.25, 0.3) is 0 Å². The smallest absolute Gasteiger partial charge is 0.321 e. The van der Waals surface area contributed by atoms with Crippen LogP contribution in [0.15, 0.2) is 12.1 Å². The van der Waals surface area contributed by atoms with Crippen molar-refractivity contribution in [3.05, 3.63) is 17.2 Å². The molecule has 1 aliphatic heterocycles. The number of nitrogens with zero attached hydrogens (tertiary/aromatic N) is 1. The van der Waals surface area contributed by atoms with E-state index in [-0.39, 0.29) is 17.9 Å². The topological polar surface area (TPSA) is 93.9 Å². The second-order valence-corrected chi connectivity index (χ2v) is 5.71. The molecule has 1 aromatic rings. The van der Waals surface area contributed by atoms with Crippen LogP contribution >= 0.6 is 11.6 Å². The Balaban J connectivity index is 2.13. The monoisotopic (exact) mass is 341 g/mol. The maximum Gasteiger partial charge on any atom is 0.321 e. The molecular formula is C15H20ClN3O4. The highest BCUT2D eigenvalue weighted by Gasteiger charge is 2.27. The van der Waals surface area contributed by atoms with Gasteiger partial charge in [-0.05, 0) is 18.9 Å². The number of hydrogen-bond acceptors (Lipinski definition) is 4. The van der Waals surface area contributed by atoms with E-state index in [9.17, 15) is 9.59 Å². The van der Waals surface area contributed by atoms with E-state index in [0.29, 0.717) is 41.7 Å². The van der Waals surface area contributed by atoms with Crippen LogP contribution in [0, 0.1) is 5.92 Å². The summed E-state index contributed by atoms with van der Waals surface area (Å²) in [4.78, 5) is 25.3. The van der Waals surface area contributed by atoms with Crippen LogP contribution in [0.5, 0.6) is 11.5 Å². The second kappa shape index (κ2) is 7.41. The summed E-state index contributed by atoms with van der Waals surface area (Å²) in [6.45, 7) is 0.884. The number of methoxy groups -OCH3 is 2. The van der Waals surface area contributed by atoms with Gasteiger partial charge < -0.3 is 25.4 Å². The molecule has 0 spiro atoms. The fourth-order valence-corrected chi connectivity index (χ4v) is 2.79. The first-order valence-electron chi connectivity index (χ1n) is 7.23. The molecular weight excluding hydrogens is 322 g/mol. The van der Waals surface area contributed by atoms with Crippen molar-refractivity contribution in [2.24, 2.45) is 11.7 Å². The summed E-state index contributed by atoms with van der Waals surface area (Å²) in [5.41, 5.74) is 5.77. The van der Waals surface area contributed by atoms with E-state index in [1.54, 1.807) is 17.0 Å². The Morgan fingerprint density at radius 1 is 1.30 bits per heavy atom. The predicted molar refractivity (Wildman–Crippen MR) is 87.1 cm³/mol. The molecule has 23 heavy (non-hydrogen) atoms. The van der Waals surface area contributed by atoms with Gasteiger partial charge in [0.05, 0.1) is 30.8 Å². The molecule has 0 bridgehead atoms. The normalized spacial score (nSPS) is 17.5. The van der Waals surface area contributed by atoms with Crippen molar-refractivity contribution in [3.8, 4) is 11.5 Å². The van der Waals surface area contributed by atoms with Crippen LogP contribution in [0.4, 0.5) is 10.5 Å². The van der Waals surface area contributed by atoms with E-state index in [0.717, 1.165) is 6.42 Å². The van der Waals surface area contributed by atoms with Crippen LogP contribution in [0.2, 0.25) is 5.02 Å². The molecule has 1 aromatic carbocycles. The Labute approximate surface area is 139 Å². The molecule has 2 rings (SSSR count). The standard InChI is InChI=1S/C15H20ClN3O4/c1-22-12-7-13(23-2)11(6-10(12)16)18-15(21)19-5-3-4-9(8-19)14(17)20/h6-7,9H,3-5,8H2,1-2H3,(H2,17,20)(H,18,21). The number of primary amides is 1. The van der Waals surface area contributed by atoms with Gasteiger partial charge in [0.15, 0.2) is 0 Å². The van der Waals surface area contributed by atoms with Crippen molar-refractivity contribution in [2.75, 3.05) is 32.6 Å². The number of piperidine rings is 1. The zero-order valence-corrected chi connectivity index (χ0v) is 13.9. The van der Waals surface area contributed by atoms with Crippen LogP contribution in [-0.2, 0) is 4.79 Å². The third kappa shape index (κ3) is 3.98. The molecule has 1 atom stereocenters. The lowest BCUT2D eigenvalue weighted by molar-refractivity contribution is -0.123. The fourth-order valence-electron chi connectivity index (χ4n) is 2.55. The van der Waals surface area contributed by atoms with Crippen molar-refractivity contribution in [1.82, 2.24) is 4.90 Å². The minimum atomic E-state index is -0.382. The number of benzene rings is 1. The number of ether oxygens (including phenoxy) is 2. The Hall–Kier alpha value is -2.15. The fraction of sp³-hybridized carbons (Fsp3) is 0.467. The first-order valence-corrected chi connectivity index (χ1v) is 7.60. The number of likely N-dealkylation sites (tertiary alicyclic amines) is 1. The zero-order chi connectivity index (χ0) is 17.0. The van der Waals surface area contributed by atoms with Gasteiger partial charge in [-0.25, -0.2) is 4.79 Å². The van der Waals surface area contributed by atoms with Crippen molar-refractivity contribution in [1.29, 1.82) is 0 Å². The molecule has 1 unspecified atom stereocenters. The number of hydrogen-bond donors (Lipinski definition) is 2. The average molecular weight is 342 g/mol. The summed E-state index contributed by atoms with van der Waals surface area (Å²) < 4.78 is 10.4. The molecule has 1 saturated heterocycles. The summed E-state index contributed by atoms with van der Waals surface area (Å²) >= 11 is 6.09. The van der Waals surface area contributed by atoms with Crippen molar-refractivity contribution in [2.45, 2.75) is 12.8 Å². The van der Waals surface area contributed by atoms with Gasteiger partial charge in [-0.2, -0.15) is 0 Å². The van der Waals surface area contributed by atoms with E-state index in [2.05, 4.69) is 5.32 Å². The quantitative estimate of drug-likeness (QED) is 0.876. The van der Waals surface area contributed by atoms with Crippen molar-refractivity contribution in [3.63, 3.8) is 0 Å². The van der Waals surface area contributed by atoms with E-state index >= 15 is 0 Å². The van der Waals surface area contributed by atoms with Gasteiger partial charge >= 0.3 is 6.03 Å². The van der Waals surface area contributed by atoms with Gasteiger partial charge in [-0.3, -0.25) is 4.79 Å². The molecule has 126 valence electrons. The van der Waals surface area contributed by atoms with Gasteiger partial charge in [0.1, 0.15) is 11.5 Å². The maximum absolute atomic E-state index is 12.4. The van der Waals surface area contributed by atoms with Gasteiger partial charge in [0, 0.05) is 19.2 Å². The summed E-state index contributed by atoms with van der Waals surface area (Å²) in [6, 6.07) is 2.84. The molecule has 7 nitrogen and oxygen atoms in total. The van der Waals surface area contributed by atoms with Crippen LogP contribution in [0.1, 0.15) is 12.8 Å². The van der Waals surface area contributed by atoms with E-state index in [1.807, 2.05) is 0 Å². The number of urea groups is 1. The number of anilines is 1. The molecule has 3 amide bonds. The summed E-state index contributed by atoms with van der Waals surface area (Å²) in [6.07, 6.45) is 1.44. The Morgan fingerprint density at radius 2 is 2.00 bits per heavy atom. The average Bonchev–Trinajstić information content (AvgIpc) is 2.55. The summed E-state index contributed by atoms with van der Waals surface area (Å²) in [7, 11) is 2.99. The molecule has 0 saturated carbocycles. The van der Waals surface area contributed by atoms with Crippen molar-refractivity contribution >= 4 is 29.2 Å². The highest BCUT2D eigenvalue weighted by atomic mass is 35.5. The number of nitrogens with two attached hydrogens (primary N) is 1. The predicted octanol–water partition coefficient (Wildman–Crippen LogP) is 2.09. The van der Waals surface area contributed by atoms with E-state index in [1.165, 1.54) is 14.2 Å². The lowest BCUT2D eigenvalue weighted by atomic mass is 9.98. The summed E-state index contributed by atoms with van der Waals surface area (Å²) in [5, 5.41) is 3.11. The second-order valence-electron chi connectivity index (χ2n) is 5.30. The number of amides is 3. The lowest BCUT2D eigenvalue weighted by Gasteiger charge is -2.31.